The fraction of sp³-hybridized carbons (Fsp3) is 0.235. The van der Waals surface area contributed by atoms with Crippen LogP contribution in [0.25, 0.3) is 0 Å². The van der Waals surface area contributed by atoms with Gasteiger partial charge in [0.2, 0.25) is 0 Å². The summed E-state index contributed by atoms with van der Waals surface area (Å²) in [6, 6.07) is 12.7. The molecule has 0 amide bonds. The van der Waals surface area contributed by atoms with E-state index in [1.54, 1.807) is 12.1 Å². The van der Waals surface area contributed by atoms with Gasteiger partial charge in [-0.05, 0) is 52.5 Å². The number of hydrogen-bond donors (Lipinski definition) is 1. The van der Waals surface area contributed by atoms with Gasteiger partial charge in [0.1, 0.15) is 5.75 Å². The van der Waals surface area contributed by atoms with Crippen LogP contribution in [0.3, 0.4) is 0 Å². The second-order valence-corrected chi connectivity index (χ2v) is 6.11. The number of carbonyl (C=O) groups is 1. The third-order valence-electron chi connectivity index (χ3n) is 3.30. The molecule has 0 saturated carbocycles. The van der Waals surface area contributed by atoms with Crippen LogP contribution >= 0.6 is 27.5 Å². The zero-order valence-corrected chi connectivity index (χ0v) is 14.4. The Labute approximate surface area is 143 Å². The molecule has 1 N–H and O–H groups in total. The van der Waals surface area contributed by atoms with Crippen molar-refractivity contribution in [2.24, 2.45) is 0 Å². The molecule has 0 aromatic heterocycles. The van der Waals surface area contributed by atoms with Crippen molar-refractivity contribution in [2.45, 2.75) is 19.3 Å². The first-order chi connectivity index (χ1) is 10.5. The number of carboxylic acids is 1. The molecular formula is C17H16BrClO3. The number of halogens is 2. The Kier molecular flexibility index (Phi) is 5.86. The van der Waals surface area contributed by atoms with E-state index in [-0.39, 0.29) is 0 Å². The van der Waals surface area contributed by atoms with E-state index in [0.717, 1.165) is 15.6 Å². The van der Waals surface area contributed by atoms with E-state index in [0.29, 0.717) is 23.8 Å². The van der Waals surface area contributed by atoms with Gasteiger partial charge in [-0.15, -0.1) is 0 Å². The van der Waals surface area contributed by atoms with Crippen LogP contribution in [0.15, 0.2) is 46.9 Å². The van der Waals surface area contributed by atoms with Crippen LogP contribution in [0.5, 0.6) is 5.75 Å². The summed E-state index contributed by atoms with van der Waals surface area (Å²) in [6.07, 6.45) is 0.313. The molecule has 2 aromatic carbocycles. The maximum atomic E-state index is 11.7. The quantitative estimate of drug-likeness (QED) is 0.771. The number of hydrogen-bond acceptors (Lipinski definition) is 2. The lowest BCUT2D eigenvalue weighted by molar-refractivity contribution is -0.138. The van der Waals surface area contributed by atoms with E-state index in [1.165, 1.54) is 0 Å². The minimum Gasteiger partial charge on any atom is -0.492 e. The molecule has 116 valence electrons. The predicted molar refractivity (Wildman–Crippen MR) is 90.8 cm³/mol. The molecule has 0 aliphatic rings. The van der Waals surface area contributed by atoms with Crippen LogP contribution in [0.2, 0.25) is 5.02 Å². The highest BCUT2D eigenvalue weighted by Gasteiger charge is 2.23. The number of aliphatic carboxylic acids is 1. The predicted octanol–water partition coefficient (Wildman–Crippen LogP) is 4.91. The normalized spacial score (nSPS) is 12.0. The molecule has 5 heteroatoms. The summed E-state index contributed by atoms with van der Waals surface area (Å²) in [7, 11) is 0. The van der Waals surface area contributed by atoms with Gasteiger partial charge in [0.05, 0.1) is 17.0 Å². The zero-order valence-electron chi connectivity index (χ0n) is 12.1. The van der Waals surface area contributed by atoms with E-state index in [2.05, 4.69) is 15.9 Å². The summed E-state index contributed by atoms with van der Waals surface area (Å²) in [5.74, 6) is -0.871. The van der Waals surface area contributed by atoms with Crippen LogP contribution in [-0.4, -0.2) is 17.7 Å². The first-order valence-corrected chi connectivity index (χ1v) is 8.08. The summed E-state index contributed by atoms with van der Waals surface area (Å²) in [6.45, 7) is 2.38. The lowest BCUT2D eigenvalue weighted by atomic mass is 9.91. The highest BCUT2D eigenvalue weighted by molar-refractivity contribution is 9.10. The first-order valence-electron chi connectivity index (χ1n) is 6.91. The maximum absolute atomic E-state index is 11.7. The molecule has 0 saturated heterocycles. The van der Waals surface area contributed by atoms with Crippen molar-refractivity contribution in [3.8, 4) is 5.75 Å². The number of ether oxygens (including phenoxy) is 1. The topological polar surface area (TPSA) is 46.5 Å². The third-order valence-corrected chi connectivity index (χ3v) is 4.11. The Bertz CT molecular complexity index is 658. The molecule has 0 fully saturated rings. The molecule has 3 nitrogen and oxygen atoms in total. The van der Waals surface area contributed by atoms with Crippen molar-refractivity contribution >= 4 is 33.5 Å². The van der Waals surface area contributed by atoms with Crippen molar-refractivity contribution in [2.75, 3.05) is 6.61 Å². The summed E-state index contributed by atoms with van der Waals surface area (Å²) >= 11 is 9.52. The fourth-order valence-corrected chi connectivity index (χ4v) is 3.31. The van der Waals surface area contributed by atoms with Gasteiger partial charge in [-0.25, -0.2) is 0 Å². The van der Waals surface area contributed by atoms with E-state index < -0.39 is 11.9 Å². The Morgan fingerprint density at radius 3 is 2.59 bits per heavy atom. The lowest BCUT2D eigenvalue weighted by Crippen LogP contribution is -2.15. The smallest absolute Gasteiger partial charge is 0.311 e. The molecule has 22 heavy (non-hydrogen) atoms. The van der Waals surface area contributed by atoms with Gasteiger partial charge in [-0.2, -0.15) is 0 Å². The molecule has 2 aromatic rings. The van der Waals surface area contributed by atoms with Crippen molar-refractivity contribution in [1.29, 1.82) is 0 Å². The first kappa shape index (κ1) is 16.8. The van der Waals surface area contributed by atoms with E-state index in [1.807, 2.05) is 37.3 Å². The third kappa shape index (κ3) is 4.02. The number of rotatable bonds is 6. The lowest BCUT2D eigenvalue weighted by Gasteiger charge is -2.17. The summed E-state index contributed by atoms with van der Waals surface area (Å²) in [5.41, 5.74) is 1.53. The van der Waals surface area contributed by atoms with Gasteiger partial charge in [0, 0.05) is 5.02 Å². The Hall–Kier alpha value is -1.52. The summed E-state index contributed by atoms with van der Waals surface area (Å²) in [5, 5.41) is 10.1. The molecule has 0 aliphatic carbocycles. The Morgan fingerprint density at radius 2 is 2.00 bits per heavy atom. The maximum Gasteiger partial charge on any atom is 0.311 e. The van der Waals surface area contributed by atoms with Crippen LogP contribution in [-0.2, 0) is 11.2 Å². The van der Waals surface area contributed by atoms with Gasteiger partial charge in [-0.3, -0.25) is 4.79 Å². The van der Waals surface area contributed by atoms with Crippen LogP contribution in [0, 0.1) is 0 Å². The number of carboxylic acid groups (broad SMARTS) is 1. The molecular weight excluding hydrogens is 368 g/mol. The van der Waals surface area contributed by atoms with Gasteiger partial charge in [0.25, 0.3) is 0 Å². The van der Waals surface area contributed by atoms with E-state index in [9.17, 15) is 9.90 Å². The minimum absolute atomic E-state index is 0.313. The Balaban J connectivity index is 2.40. The largest absolute Gasteiger partial charge is 0.492 e. The second-order valence-electron chi connectivity index (χ2n) is 4.81. The van der Waals surface area contributed by atoms with E-state index >= 15 is 0 Å². The minimum atomic E-state index is -0.871. The molecule has 0 heterocycles. The highest BCUT2D eigenvalue weighted by atomic mass is 79.9. The van der Waals surface area contributed by atoms with Crippen molar-refractivity contribution in [1.82, 2.24) is 0 Å². The molecule has 0 radical (unpaired) electrons. The van der Waals surface area contributed by atoms with Gasteiger partial charge < -0.3 is 9.84 Å². The Morgan fingerprint density at radius 1 is 1.32 bits per heavy atom. The molecule has 2 rings (SSSR count). The number of benzene rings is 2. The molecule has 0 aliphatic heterocycles. The summed E-state index contributed by atoms with van der Waals surface area (Å²) < 4.78 is 6.37. The van der Waals surface area contributed by atoms with Crippen molar-refractivity contribution in [3.05, 3.63) is 63.1 Å². The van der Waals surface area contributed by atoms with Crippen molar-refractivity contribution in [3.63, 3.8) is 0 Å². The molecule has 0 spiro atoms. The summed E-state index contributed by atoms with van der Waals surface area (Å²) in [4.78, 5) is 11.7. The van der Waals surface area contributed by atoms with Crippen LogP contribution in [0.1, 0.15) is 24.0 Å². The molecule has 0 bridgehead atoms. The zero-order chi connectivity index (χ0) is 16.1. The standard InChI is InChI=1S/C17H16BrClO3/c1-2-22-16-12(8-13(19)10-15(16)18)9-14(17(20)21)11-6-4-3-5-7-11/h3-8,10,14H,2,9H2,1H3,(H,20,21). The van der Waals surface area contributed by atoms with Gasteiger partial charge in [0.15, 0.2) is 0 Å². The van der Waals surface area contributed by atoms with Crippen molar-refractivity contribution < 1.29 is 14.6 Å². The van der Waals surface area contributed by atoms with Gasteiger partial charge in [-0.1, -0.05) is 41.9 Å². The molecule has 1 atom stereocenters. The average molecular weight is 384 g/mol. The van der Waals surface area contributed by atoms with Gasteiger partial charge >= 0.3 is 5.97 Å². The van der Waals surface area contributed by atoms with E-state index in [4.69, 9.17) is 16.3 Å². The fourth-order valence-electron chi connectivity index (χ4n) is 2.32. The van der Waals surface area contributed by atoms with Crippen LogP contribution < -0.4 is 4.74 Å². The molecule has 1 unspecified atom stereocenters. The highest BCUT2D eigenvalue weighted by Crippen LogP contribution is 2.35. The SMILES string of the molecule is CCOc1c(Br)cc(Cl)cc1CC(C(=O)O)c1ccccc1. The van der Waals surface area contributed by atoms with Crippen LogP contribution in [0.4, 0.5) is 0 Å². The monoisotopic (exact) mass is 382 g/mol. The average Bonchev–Trinajstić information content (AvgIpc) is 2.48. The second kappa shape index (κ2) is 7.65.